The largest absolute Gasteiger partial charge is 0.456 e. The molecular weight excluding hydrogens is 713 g/mol. The van der Waals surface area contributed by atoms with Gasteiger partial charge in [0.15, 0.2) is 5.82 Å². The fourth-order valence-corrected chi connectivity index (χ4v) is 9.26. The van der Waals surface area contributed by atoms with Crippen molar-refractivity contribution in [1.29, 1.82) is 0 Å². The van der Waals surface area contributed by atoms with Crippen molar-refractivity contribution in [3.05, 3.63) is 182 Å². The van der Waals surface area contributed by atoms with Crippen molar-refractivity contribution in [3.8, 4) is 29.0 Å². The first-order chi connectivity index (χ1) is 28.8. The van der Waals surface area contributed by atoms with E-state index in [1.807, 2.05) is 18.2 Å². The number of hydrogen-bond acceptors (Lipinski definition) is 4. The van der Waals surface area contributed by atoms with E-state index in [0.29, 0.717) is 17.7 Å². The molecule has 0 aliphatic carbocycles. The average molecular weight is 743 g/mol. The van der Waals surface area contributed by atoms with Gasteiger partial charge >= 0.3 is 0 Å². The molecule has 0 fully saturated rings. The van der Waals surface area contributed by atoms with Crippen molar-refractivity contribution in [2.45, 2.75) is 0 Å². The van der Waals surface area contributed by atoms with Crippen molar-refractivity contribution in [2.75, 3.05) is 0 Å². The van der Waals surface area contributed by atoms with E-state index in [0.717, 1.165) is 87.8 Å². The third kappa shape index (κ3) is 4.30. The number of fused-ring (bicyclic) bond motifs is 13. The van der Waals surface area contributed by atoms with E-state index in [1.165, 1.54) is 10.8 Å². The molecule has 0 spiro atoms. The van der Waals surface area contributed by atoms with Gasteiger partial charge in [-0.25, -0.2) is 0 Å². The SMILES string of the molecule is c1ccc(-n2c3ccccc3c3ccc4c(c5ccccc5n4-c4nc(-c5ccc6c(c5)oc5ccccc56)nc(-n5c6ccccc6c6ccccc65)n4)c32)cc1. The number of benzene rings is 8. The van der Waals surface area contributed by atoms with Crippen LogP contribution in [-0.4, -0.2) is 28.7 Å². The summed E-state index contributed by atoms with van der Waals surface area (Å²) in [6.07, 6.45) is 0. The molecule has 5 heterocycles. The lowest BCUT2D eigenvalue weighted by atomic mass is 10.1. The second-order valence-corrected chi connectivity index (χ2v) is 14.8. The van der Waals surface area contributed by atoms with Crippen molar-refractivity contribution < 1.29 is 4.42 Å². The number of rotatable bonds is 4. The summed E-state index contributed by atoms with van der Waals surface area (Å²) in [5, 5.41) is 9.06. The third-order valence-electron chi connectivity index (χ3n) is 11.7. The van der Waals surface area contributed by atoms with Crippen LogP contribution >= 0.6 is 0 Å². The van der Waals surface area contributed by atoms with Crippen LogP contribution in [-0.2, 0) is 0 Å². The molecule has 58 heavy (non-hydrogen) atoms. The molecule has 0 radical (unpaired) electrons. The molecule has 13 rings (SSSR count). The molecule has 8 aromatic carbocycles. The fraction of sp³-hybridized carbons (Fsp3) is 0. The second kappa shape index (κ2) is 11.7. The molecule has 0 saturated carbocycles. The van der Waals surface area contributed by atoms with Gasteiger partial charge in [0.2, 0.25) is 11.9 Å². The summed E-state index contributed by atoms with van der Waals surface area (Å²) in [5.74, 6) is 1.61. The van der Waals surface area contributed by atoms with Gasteiger partial charge in [-0.05, 0) is 60.7 Å². The average Bonchev–Trinajstić information content (AvgIpc) is 4.02. The molecule has 0 atom stereocenters. The van der Waals surface area contributed by atoms with E-state index in [1.54, 1.807) is 0 Å². The van der Waals surface area contributed by atoms with Gasteiger partial charge in [0.1, 0.15) is 11.2 Å². The van der Waals surface area contributed by atoms with Gasteiger partial charge in [0.05, 0.1) is 33.1 Å². The first kappa shape index (κ1) is 31.2. The van der Waals surface area contributed by atoms with Crippen LogP contribution in [0.25, 0.3) is 116 Å². The maximum absolute atomic E-state index is 6.38. The van der Waals surface area contributed by atoms with Crippen molar-refractivity contribution in [1.82, 2.24) is 28.7 Å². The second-order valence-electron chi connectivity index (χ2n) is 14.8. The Kier molecular flexibility index (Phi) is 6.32. The molecule has 7 heteroatoms. The lowest BCUT2D eigenvalue weighted by molar-refractivity contribution is 0.669. The normalized spacial score (nSPS) is 12.1. The molecule has 270 valence electrons. The fourth-order valence-electron chi connectivity index (χ4n) is 9.26. The monoisotopic (exact) mass is 742 g/mol. The van der Waals surface area contributed by atoms with Gasteiger partial charge < -0.3 is 8.98 Å². The number of furan rings is 1. The first-order valence-electron chi connectivity index (χ1n) is 19.5. The van der Waals surface area contributed by atoms with Gasteiger partial charge in [0, 0.05) is 54.3 Å². The predicted molar refractivity (Wildman–Crippen MR) is 236 cm³/mol. The highest BCUT2D eigenvalue weighted by molar-refractivity contribution is 6.26. The Morgan fingerprint density at radius 3 is 1.53 bits per heavy atom. The van der Waals surface area contributed by atoms with Crippen molar-refractivity contribution in [2.24, 2.45) is 0 Å². The van der Waals surface area contributed by atoms with Crippen LogP contribution in [0.3, 0.4) is 0 Å². The Morgan fingerprint density at radius 1 is 0.345 bits per heavy atom. The van der Waals surface area contributed by atoms with Crippen LogP contribution in [0.2, 0.25) is 0 Å². The zero-order valence-corrected chi connectivity index (χ0v) is 30.9. The van der Waals surface area contributed by atoms with Crippen molar-refractivity contribution >= 4 is 87.4 Å². The zero-order chi connectivity index (χ0) is 37.9. The van der Waals surface area contributed by atoms with Crippen LogP contribution in [0, 0.1) is 0 Å². The predicted octanol–water partition coefficient (Wildman–Crippen LogP) is 12.7. The van der Waals surface area contributed by atoms with Gasteiger partial charge in [-0.1, -0.05) is 121 Å². The zero-order valence-electron chi connectivity index (χ0n) is 30.9. The number of para-hydroxylation sites is 6. The van der Waals surface area contributed by atoms with Gasteiger partial charge in [-0.2, -0.15) is 15.0 Å². The van der Waals surface area contributed by atoms with Crippen LogP contribution in [0.1, 0.15) is 0 Å². The molecule has 5 aromatic heterocycles. The first-order valence-corrected chi connectivity index (χ1v) is 19.5. The van der Waals surface area contributed by atoms with Gasteiger partial charge in [-0.3, -0.25) is 9.13 Å². The van der Waals surface area contributed by atoms with E-state index in [2.05, 4.69) is 177 Å². The number of aromatic nitrogens is 6. The molecule has 0 unspecified atom stereocenters. The summed E-state index contributed by atoms with van der Waals surface area (Å²) in [5.41, 5.74) is 9.94. The summed E-state index contributed by atoms with van der Waals surface area (Å²) >= 11 is 0. The Morgan fingerprint density at radius 2 is 0.845 bits per heavy atom. The molecule has 0 bridgehead atoms. The summed E-state index contributed by atoms with van der Waals surface area (Å²) in [6.45, 7) is 0. The molecule has 7 nitrogen and oxygen atoms in total. The van der Waals surface area contributed by atoms with Crippen molar-refractivity contribution in [3.63, 3.8) is 0 Å². The Bertz CT molecular complexity index is 3760. The molecule has 0 amide bonds. The van der Waals surface area contributed by atoms with Crippen LogP contribution < -0.4 is 0 Å². The highest BCUT2D eigenvalue weighted by Crippen LogP contribution is 2.42. The van der Waals surface area contributed by atoms with E-state index in [4.69, 9.17) is 19.4 Å². The quantitative estimate of drug-likeness (QED) is 0.180. The highest BCUT2D eigenvalue weighted by atomic mass is 16.3. The smallest absolute Gasteiger partial charge is 0.240 e. The Hall–Kier alpha value is -8.03. The van der Waals surface area contributed by atoms with E-state index >= 15 is 0 Å². The molecular formula is C51H30N6O. The molecule has 0 N–H and O–H groups in total. The Balaban J connectivity index is 1.16. The number of hydrogen-bond donors (Lipinski definition) is 0. The lowest BCUT2D eigenvalue weighted by Gasteiger charge is -2.13. The molecule has 0 saturated heterocycles. The molecule has 13 aromatic rings. The standard InChI is InChI=1S/C51H30N6O/c1-2-14-32(15-3-1)55-40-21-9-6-18-35(40)38-28-29-44-47(48(38)55)39-20-7-12-24-43(39)57(44)51-53-49(31-26-27-37-36-19-8-13-25-45(36)58-46(37)30-31)52-50(54-51)56-41-22-10-4-16-33(41)34-17-5-11-23-42(34)56/h1-30H. The maximum atomic E-state index is 6.38. The minimum atomic E-state index is 0.527. The maximum Gasteiger partial charge on any atom is 0.240 e. The van der Waals surface area contributed by atoms with Crippen LogP contribution in [0.5, 0.6) is 0 Å². The summed E-state index contributed by atoms with van der Waals surface area (Å²) in [7, 11) is 0. The summed E-state index contributed by atoms with van der Waals surface area (Å²) in [4.78, 5) is 16.1. The Labute approximate surface area is 330 Å². The lowest BCUT2D eigenvalue weighted by Crippen LogP contribution is -2.10. The van der Waals surface area contributed by atoms with E-state index < -0.39 is 0 Å². The van der Waals surface area contributed by atoms with E-state index in [-0.39, 0.29) is 0 Å². The van der Waals surface area contributed by atoms with E-state index in [9.17, 15) is 0 Å². The minimum absolute atomic E-state index is 0.527. The van der Waals surface area contributed by atoms with Crippen LogP contribution in [0.4, 0.5) is 0 Å². The number of nitrogens with zero attached hydrogens (tertiary/aromatic N) is 6. The highest BCUT2D eigenvalue weighted by Gasteiger charge is 2.24. The molecule has 0 aliphatic rings. The van der Waals surface area contributed by atoms with Crippen LogP contribution in [0.15, 0.2) is 186 Å². The summed E-state index contributed by atoms with van der Waals surface area (Å²) in [6, 6.07) is 63.7. The topological polar surface area (TPSA) is 66.6 Å². The summed E-state index contributed by atoms with van der Waals surface area (Å²) < 4.78 is 13.2. The third-order valence-corrected chi connectivity index (χ3v) is 11.7. The molecule has 0 aliphatic heterocycles. The van der Waals surface area contributed by atoms with Gasteiger partial charge in [-0.15, -0.1) is 0 Å². The van der Waals surface area contributed by atoms with Gasteiger partial charge in [0.25, 0.3) is 0 Å². The minimum Gasteiger partial charge on any atom is -0.456 e.